The SMILES string of the molecule is CC(C)Cc1cccc(C(COCC(F)(F)F)NN)c1. The molecule has 0 aliphatic heterocycles. The van der Waals surface area contributed by atoms with Crippen molar-refractivity contribution in [1.29, 1.82) is 0 Å². The van der Waals surface area contributed by atoms with Crippen LogP contribution in [0.4, 0.5) is 13.2 Å². The van der Waals surface area contributed by atoms with Gasteiger partial charge in [-0.1, -0.05) is 38.1 Å². The molecule has 0 saturated carbocycles. The number of hydrogen-bond donors (Lipinski definition) is 2. The second-order valence-electron chi connectivity index (χ2n) is 5.19. The van der Waals surface area contributed by atoms with Gasteiger partial charge in [0, 0.05) is 0 Å². The molecular formula is C14H21F3N2O. The summed E-state index contributed by atoms with van der Waals surface area (Å²) in [6, 6.07) is 7.19. The van der Waals surface area contributed by atoms with Crippen molar-refractivity contribution in [2.45, 2.75) is 32.5 Å². The van der Waals surface area contributed by atoms with Crippen molar-refractivity contribution in [1.82, 2.24) is 5.43 Å². The fourth-order valence-corrected chi connectivity index (χ4v) is 1.94. The fraction of sp³-hybridized carbons (Fsp3) is 0.571. The van der Waals surface area contributed by atoms with Gasteiger partial charge in [0.1, 0.15) is 6.61 Å². The molecule has 1 rings (SSSR count). The molecule has 1 aromatic rings. The first-order valence-electron chi connectivity index (χ1n) is 6.51. The zero-order valence-corrected chi connectivity index (χ0v) is 11.7. The molecule has 0 radical (unpaired) electrons. The maximum atomic E-state index is 12.0. The van der Waals surface area contributed by atoms with Crippen LogP contribution in [-0.2, 0) is 11.2 Å². The third-order valence-corrected chi connectivity index (χ3v) is 2.75. The Morgan fingerprint density at radius 3 is 2.55 bits per heavy atom. The monoisotopic (exact) mass is 290 g/mol. The van der Waals surface area contributed by atoms with E-state index < -0.39 is 18.8 Å². The molecule has 0 bridgehead atoms. The minimum Gasteiger partial charge on any atom is -0.370 e. The van der Waals surface area contributed by atoms with Crippen molar-refractivity contribution in [2.75, 3.05) is 13.2 Å². The summed E-state index contributed by atoms with van der Waals surface area (Å²) in [4.78, 5) is 0. The number of benzene rings is 1. The van der Waals surface area contributed by atoms with Gasteiger partial charge < -0.3 is 4.74 Å². The normalized spacial score (nSPS) is 13.8. The van der Waals surface area contributed by atoms with Crippen molar-refractivity contribution >= 4 is 0 Å². The maximum absolute atomic E-state index is 12.0. The summed E-state index contributed by atoms with van der Waals surface area (Å²) in [6.07, 6.45) is -3.41. The molecule has 1 aromatic carbocycles. The molecule has 0 spiro atoms. The molecule has 1 unspecified atom stereocenters. The molecule has 114 valence electrons. The number of halogens is 3. The van der Waals surface area contributed by atoms with Crippen LogP contribution < -0.4 is 11.3 Å². The van der Waals surface area contributed by atoms with Crippen LogP contribution in [0.25, 0.3) is 0 Å². The van der Waals surface area contributed by atoms with E-state index in [-0.39, 0.29) is 6.61 Å². The summed E-state index contributed by atoms with van der Waals surface area (Å²) in [5.41, 5.74) is 4.45. The van der Waals surface area contributed by atoms with Crippen molar-refractivity contribution in [3.63, 3.8) is 0 Å². The fourth-order valence-electron chi connectivity index (χ4n) is 1.94. The second-order valence-corrected chi connectivity index (χ2v) is 5.19. The molecule has 0 aromatic heterocycles. The zero-order chi connectivity index (χ0) is 15.2. The molecule has 0 aliphatic carbocycles. The zero-order valence-electron chi connectivity index (χ0n) is 11.7. The standard InChI is InChI=1S/C14H21F3N2O/c1-10(2)6-11-4-3-5-12(7-11)13(19-18)8-20-9-14(15,16)17/h3-5,7,10,13,19H,6,8-9,18H2,1-2H3. The Labute approximate surface area is 117 Å². The van der Waals surface area contributed by atoms with Crippen LogP contribution in [0, 0.1) is 5.92 Å². The molecule has 3 nitrogen and oxygen atoms in total. The van der Waals surface area contributed by atoms with Gasteiger partial charge >= 0.3 is 6.18 Å². The van der Waals surface area contributed by atoms with Crippen molar-refractivity contribution < 1.29 is 17.9 Å². The van der Waals surface area contributed by atoms with Gasteiger partial charge in [-0.2, -0.15) is 13.2 Å². The van der Waals surface area contributed by atoms with Gasteiger partial charge in [0.2, 0.25) is 0 Å². The van der Waals surface area contributed by atoms with Crippen LogP contribution in [0.5, 0.6) is 0 Å². The molecular weight excluding hydrogens is 269 g/mol. The van der Waals surface area contributed by atoms with Crippen LogP contribution in [-0.4, -0.2) is 19.4 Å². The van der Waals surface area contributed by atoms with E-state index in [1.807, 2.05) is 24.3 Å². The Hall–Kier alpha value is -1.11. The van der Waals surface area contributed by atoms with E-state index in [0.29, 0.717) is 5.92 Å². The molecule has 0 amide bonds. The molecule has 0 saturated heterocycles. The number of nitrogens with one attached hydrogen (secondary N) is 1. The summed E-state index contributed by atoms with van der Waals surface area (Å²) < 4.78 is 40.8. The minimum atomic E-state index is -4.32. The van der Waals surface area contributed by atoms with E-state index >= 15 is 0 Å². The first-order chi connectivity index (χ1) is 9.31. The lowest BCUT2D eigenvalue weighted by Gasteiger charge is -2.18. The summed E-state index contributed by atoms with van der Waals surface area (Å²) in [7, 11) is 0. The Kier molecular flexibility index (Phi) is 6.45. The molecule has 1 atom stereocenters. The third kappa shape index (κ3) is 6.36. The number of hydrogen-bond acceptors (Lipinski definition) is 3. The molecule has 0 aliphatic rings. The van der Waals surface area contributed by atoms with E-state index in [9.17, 15) is 13.2 Å². The summed E-state index contributed by atoms with van der Waals surface area (Å²) in [5.74, 6) is 5.90. The Morgan fingerprint density at radius 1 is 1.30 bits per heavy atom. The van der Waals surface area contributed by atoms with Gasteiger partial charge in [0.15, 0.2) is 0 Å². The number of ether oxygens (including phenoxy) is 1. The maximum Gasteiger partial charge on any atom is 0.411 e. The third-order valence-electron chi connectivity index (χ3n) is 2.75. The van der Waals surface area contributed by atoms with Crippen LogP contribution >= 0.6 is 0 Å². The largest absolute Gasteiger partial charge is 0.411 e. The smallest absolute Gasteiger partial charge is 0.370 e. The van der Waals surface area contributed by atoms with Crippen molar-refractivity contribution in [3.8, 4) is 0 Å². The van der Waals surface area contributed by atoms with Crippen LogP contribution in [0.3, 0.4) is 0 Å². The van der Waals surface area contributed by atoms with Crippen molar-refractivity contribution in [3.05, 3.63) is 35.4 Å². The number of hydrazine groups is 1. The average Bonchev–Trinajstić information content (AvgIpc) is 2.33. The highest BCUT2D eigenvalue weighted by Crippen LogP contribution is 2.19. The van der Waals surface area contributed by atoms with Crippen LogP contribution in [0.15, 0.2) is 24.3 Å². The number of rotatable bonds is 7. The van der Waals surface area contributed by atoms with Gasteiger partial charge in [-0.3, -0.25) is 11.3 Å². The predicted molar refractivity (Wildman–Crippen MR) is 71.9 cm³/mol. The van der Waals surface area contributed by atoms with Gasteiger partial charge in [0.05, 0.1) is 12.6 Å². The quantitative estimate of drug-likeness (QED) is 0.599. The van der Waals surface area contributed by atoms with E-state index in [0.717, 1.165) is 17.5 Å². The molecule has 6 heteroatoms. The number of alkyl halides is 3. The van der Waals surface area contributed by atoms with Crippen molar-refractivity contribution in [2.24, 2.45) is 11.8 Å². The molecule has 20 heavy (non-hydrogen) atoms. The lowest BCUT2D eigenvalue weighted by atomic mass is 9.98. The van der Waals surface area contributed by atoms with E-state index in [4.69, 9.17) is 5.84 Å². The Bertz CT molecular complexity index is 408. The second kappa shape index (κ2) is 7.61. The first kappa shape index (κ1) is 16.9. The van der Waals surface area contributed by atoms with Gasteiger partial charge in [-0.05, 0) is 23.5 Å². The molecule has 0 fully saturated rings. The average molecular weight is 290 g/mol. The summed E-state index contributed by atoms with van der Waals surface area (Å²) in [5, 5.41) is 0. The summed E-state index contributed by atoms with van der Waals surface area (Å²) >= 11 is 0. The van der Waals surface area contributed by atoms with E-state index in [1.54, 1.807) is 0 Å². The lowest BCUT2D eigenvalue weighted by molar-refractivity contribution is -0.175. The first-order valence-corrected chi connectivity index (χ1v) is 6.51. The molecule has 3 N–H and O–H groups in total. The predicted octanol–water partition coefficient (Wildman–Crippen LogP) is 2.97. The van der Waals surface area contributed by atoms with Crippen LogP contribution in [0.1, 0.15) is 31.0 Å². The van der Waals surface area contributed by atoms with Gasteiger partial charge in [-0.15, -0.1) is 0 Å². The van der Waals surface area contributed by atoms with Gasteiger partial charge in [-0.25, -0.2) is 0 Å². The van der Waals surface area contributed by atoms with E-state index in [1.165, 1.54) is 0 Å². The Morgan fingerprint density at radius 2 is 2.00 bits per heavy atom. The minimum absolute atomic E-state index is 0.124. The molecule has 0 heterocycles. The highest BCUT2D eigenvalue weighted by Gasteiger charge is 2.28. The highest BCUT2D eigenvalue weighted by atomic mass is 19.4. The summed E-state index contributed by atoms with van der Waals surface area (Å²) in [6.45, 7) is 2.83. The van der Waals surface area contributed by atoms with E-state index in [2.05, 4.69) is 24.0 Å². The Balaban J connectivity index is 2.64. The lowest BCUT2D eigenvalue weighted by Crippen LogP contribution is -2.32. The highest BCUT2D eigenvalue weighted by molar-refractivity contribution is 5.26. The van der Waals surface area contributed by atoms with Gasteiger partial charge in [0.25, 0.3) is 0 Å². The number of nitrogens with two attached hydrogens (primary N) is 1. The topological polar surface area (TPSA) is 47.3 Å². The van der Waals surface area contributed by atoms with Crippen LogP contribution in [0.2, 0.25) is 0 Å².